The molecule has 0 bridgehead atoms. The molecular weight excluding hydrogens is 388 g/mol. The number of aliphatic hydroxyl groups is 1. The van der Waals surface area contributed by atoms with Gasteiger partial charge in [0.2, 0.25) is 5.78 Å². The predicted octanol–water partition coefficient (Wildman–Crippen LogP) is 3.70. The van der Waals surface area contributed by atoms with Crippen LogP contribution in [0.1, 0.15) is 65.7 Å². The topological polar surface area (TPSA) is 78.4 Å². The molecule has 6 nitrogen and oxygen atoms in total. The molecule has 1 fully saturated rings. The zero-order valence-electron chi connectivity index (χ0n) is 19.1. The van der Waals surface area contributed by atoms with Crippen LogP contribution in [-0.2, 0) is 0 Å². The lowest BCUT2D eigenvalue weighted by molar-refractivity contribution is 0.103. The minimum absolute atomic E-state index is 0. The number of aryl methyl sites for hydroxylation is 1. The molecule has 0 radical (unpaired) electrons. The average molecular weight is 427 g/mol. The normalized spacial score (nSPS) is 16.7. The third-order valence-corrected chi connectivity index (χ3v) is 5.19. The van der Waals surface area contributed by atoms with Crippen molar-refractivity contribution in [2.75, 3.05) is 24.5 Å². The van der Waals surface area contributed by atoms with Crippen molar-refractivity contribution in [3.05, 3.63) is 53.0 Å². The van der Waals surface area contributed by atoms with Gasteiger partial charge >= 0.3 is 0 Å². The highest BCUT2D eigenvalue weighted by Gasteiger charge is 2.24. The number of nitrogens with zero attached hydrogens (tertiary/aromatic N) is 3. The third kappa shape index (κ3) is 6.13. The lowest BCUT2D eigenvalue weighted by Crippen LogP contribution is -2.51. The fourth-order valence-electron chi connectivity index (χ4n) is 3.73. The van der Waals surface area contributed by atoms with E-state index in [1.165, 1.54) is 0 Å². The number of carbonyl (C=O) groups excluding carboxylic acids is 1. The predicted molar refractivity (Wildman–Crippen MR) is 130 cm³/mol. The van der Waals surface area contributed by atoms with Crippen molar-refractivity contribution in [1.82, 2.24) is 15.3 Å². The summed E-state index contributed by atoms with van der Waals surface area (Å²) >= 11 is 0. The average Bonchev–Trinajstić information content (AvgIpc) is 2.71. The maximum atomic E-state index is 13.4. The van der Waals surface area contributed by atoms with E-state index in [4.69, 9.17) is 4.98 Å². The van der Waals surface area contributed by atoms with E-state index in [0.29, 0.717) is 34.5 Å². The van der Waals surface area contributed by atoms with Gasteiger partial charge in [-0.3, -0.25) is 9.78 Å². The number of pyridine rings is 2. The monoisotopic (exact) mass is 426 g/mol. The van der Waals surface area contributed by atoms with Crippen LogP contribution in [0.4, 0.5) is 5.82 Å². The van der Waals surface area contributed by atoms with Gasteiger partial charge in [0.1, 0.15) is 17.1 Å². The van der Waals surface area contributed by atoms with E-state index >= 15 is 0 Å². The molecule has 170 valence electrons. The van der Waals surface area contributed by atoms with Crippen molar-refractivity contribution >= 4 is 11.6 Å². The summed E-state index contributed by atoms with van der Waals surface area (Å²) < 4.78 is 0. The summed E-state index contributed by atoms with van der Waals surface area (Å²) in [5.74, 6) is 6.93. The Morgan fingerprint density at radius 3 is 2.84 bits per heavy atom. The largest absolute Gasteiger partial charge is 0.378 e. The fourth-order valence-corrected chi connectivity index (χ4v) is 3.73. The Morgan fingerprint density at radius 2 is 2.16 bits per heavy atom. The van der Waals surface area contributed by atoms with Gasteiger partial charge in [-0.15, -0.1) is 0 Å². The van der Waals surface area contributed by atoms with Gasteiger partial charge in [0.15, 0.2) is 0 Å². The van der Waals surface area contributed by atoms with Gasteiger partial charge < -0.3 is 15.3 Å². The first kappa shape index (κ1) is 22.9. The highest BCUT2D eigenvalue weighted by Crippen LogP contribution is 2.21. The van der Waals surface area contributed by atoms with Gasteiger partial charge in [-0.05, 0) is 57.4 Å². The van der Waals surface area contributed by atoms with Crippen LogP contribution in [0, 0.1) is 24.7 Å². The van der Waals surface area contributed by atoms with E-state index in [1.54, 1.807) is 32.2 Å². The first-order valence-electron chi connectivity index (χ1n) is 10.9. The number of aromatic nitrogens is 2. The molecule has 1 aliphatic heterocycles. The molecule has 0 saturated carbocycles. The maximum absolute atomic E-state index is 13.4. The smallest absolute Gasteiger partial charge is 0.214 e. The van der Waals surface area contributed by atoms with Gasteiger partial charge in [-0.1, -0.05) is 25.7 Å². The van der Waals surface area contributed by atoms with Crippen molar-refractivity contribution in [2.24, 2.45) is 5.92 Å². The summed E-state index contributed by atoms with van der Waals surface area (Å²) in [5, 5.41) is 13.6. The van der Waals surface area contributed by atoms with Crippen molar-refractivity contribution in [3.8, 4) is 11.8 Å². The summed E-state index contributed by atoms with van der Waals surface area (Å²) in [6.07, 6.45) is 2.76. The first-order chi connectivity index (χ1) is 14.6. The zero-order valence-corrected chi connectivity index (χ0v) is 19.1. The first-order valence-corrected chi connectivity index (χ1v) is 10.9. The molecule has 2 aromatic rings. The summed E-state index contributed by atoms with van der Waals surface area (Å²) in [4.78, 5) is 24.6. The molecule has 0 spiro atoms. The van der Waals surface area contributed by atoms with Crippen LogP contribution in [0.2, 0.25) is 0 Å². The summed E-state index contributed by atoms with van der Waals surface area (Å²) in [7, 11) is 0. The van der Waals surface area contributed by atoms with Crippen LogP contribution >= 0.6 is 0 Å². The molecule has 0 aliphatic carbocycles. The number of nitrogens with one attached hydrogen (secondary N) is 1. The Kier molecular flexibility index (Phi) is 7.09. The summed E-state index contributed by atoms with van der Waals surface area (Å²) in [6.45, 7) is 12.0. The van der Waals surface area contributed by atoms with E-state index in [0.717, 1.165) is 31.9 Å². The Hall–Kier alpha value is -2.75. The van der Waals surface area contributed by atoms with Crippen LogP contribution in [0.3, 0.4) is 0 Å². The van der Waals surface area contributed by atoms with Crippen LogP contribution in [-0.4, -0.2) is 52.1 Å². The molecule has 6 heteroatoms. The number of rotatable bonds is 5. The van der Waals surface area contributed by atoms with E-state index in [9.17, 15) is 9.90 Å². The van der Waals surface area contributed by atoms with Crippen LogP contribution in [0.5, 0.6) is 0 Å². The molecule has 1 saturated heterocycles. The lowest BCUT2D eigenvalue weighted by atomic mass is 10.0. The second-order valence-electron chi connectivity index (χ2n) is 9.07. The zero-order chi connectivity index (χ0) is 22.6. The number of piperazine rings is 1. The van der Waals surface area contributed by atoms with Crippen molar-refractivity contribution in [1.29, 1.82) is 0 Å². The minimum Gasteiger partial charge on any atom is -0.378 e. The van der Waals surface area contributed by atoms with Crippen molar-refractivity contribution in [2.45, 2.75) is 52.7 Å². The Labute approximate surface area is 189 Å². The standard InChI is InChI=1S/C25H32N4O2.3H2/c1-17(2)15-20-16-29(14-13-27-20)22-9-8-19(10-11-25(4,5)31)23(28-22)24(30)21-7-6-12-26-18(21)3;;;/h6-9,12,17,20,27,31H,13-16H2,1-5H3;3*1H/t20-;;;/m0.../s1. The van der Waals surface area contributed by atoms with Gasteiger partial charge in [-0.2, -0.15) is 0 Å². The lowest BCUT2D eigenvalue weighted by Gasteiger charge is -2.35. The van der Waals surface area contributed by atoms with Crippen molar-refractivity contribution in [3.63, 3.8) is 0 Å². The van der Waals surface area contributed by atoms with Crippen molar-refractivity contribution < 1.29 is 14.2 Å². The van der Waals surface area contributed by atoms with E-state index < -0.39 is 5.60 Å². The van der Waals surface area contributed by atoms with Crippen LogP contribution in [0.25, 0.3) is 0 Å². The van der Waals surface area contributed by atoms with Crippen LogP contribution in [0.15, 0.2) is 30.5 Å². The second-order valence-corrected chi connectivity index (χ2v) is 9.07. The number of hydrogen-bond acceptors (Lipinski definition) is 6. The molecule has 2 aromatic heterocycles. The van der Waals surface area contributed by atoms with E-state index in [2.05, 4.69) is 40.9 Å². The van der Waals surface area contributed by atoms with Gasteiger partial charge in [0, 0.05) is 47.4 Å². The molecule has 2 N–H and O–H groups in total. The minimum atomic E-state index is -1.16. The maximum Gasteiger partial charge on any atom is 0.214 e. The fraction of sp³-hybridized carbons (Fsp3) is 0.480. The quantitative estimate of drug-likeness (QED) is 0.561. The highest BCUT2D eigenvalue weighted by atomic mass is 16.3. The van der Waals surface area contributed by atoms with Gasteiger partial charge in [0.05, 0.1) is 5.56 Å². The SMILES string of the molecule is Cc1ncccc1C(=O)c1nc(N2CCN[C@@H](CC(C)C)C2)ccc1C#CC(C)(C)O.[HH].[HH].[HH]. The molecule has 0 aromatic carbocycles. The summed E-state index contributed by atoms with van der Waals surface area (Å²) in [6, 6.07) is 7.65. The van der Waals surface area contributed by atoms with Gasteiger partial charge in [-0.25, -0.2) is 4.98 Å². The van der Waals surface area contributed by atoms with Gasteiger partial charge in [0.25, 0.3) is 0 Å². The number of ketones is 1. The molecule has 3 heterocycles. The second kappa shape index (κ2) is 9.59. The molecule has 1 atom stereocenters. The molecule has 0 amide bonds. The molecule has 0 unspecified atom stereocenters. The molecule has 3 rings (SSSR count). The number of carbonyl (C=O) groups is 1. The Balaban J connectivity index is 0.00000363. The van der Waals surface area contributed by atoms with Crippen LogP contribution < -0.4 is 10.2 Å². The Bertz CT molecular complexity index is 1010. The number of hydrogen-bond donors (Lipinski definition) is 2. The van der Waals surface area contributed by atoms with E-state index in [1.807, 2.05) is 19.1 Å². The Morgan fingerprint density at radius 1 is 1.39 bits per heavy atom. The summed E-state index contributed by atoms with van der Waals surface area (Å²) in [5.41, 5.74) is 0.806. The molecule has 1 aliphatic rings. The third-order valence-electron chi connectivity index (χ3n) is 5.19. The molecule has 31 heavy (non-hydrogen) atoms. The highest BCUT2D eigenvalue weighted by molar-refractivity contribution is 6.10. The van der Waals surface area contributed by atoms with E-state index in [-0.39, 0.29) is 10.1 Å². The number of anilines is 1. The molecular formula is C25H38N4O2.